The van der Waals surface area contributed by atoms with E-state index in [1.807, 2.05) is 18.5 Å². The van der Waals surface area contributed by atoms with Crippen molar-refractivity contribution >= 4 is 0 Å². The second-order valence-corrected chi connectivity index (χ2v) is 5.57. The highest BCUT2D eigenvalue weighted by atomic mass is 16.5. The summed E-state index contributed by atoms with van der Waals surface area (Å²) in [6, 6.07) is 0. The zero-order valence-electron chi connectivity index (χ0n) is 12.9. The second kappa shape index (κ2) is 6.17. The molecule has 0 spiro atoms. The van der Waals surface area contributed by atoms with Gasteiger partial charge in [0.1, 0.15) is 6.54 Å². The predicted molar refractivity (Wildman–Crippen MR) is 76.4 cm³/mol. The van der Waals surface area contributed by atoms with Crippen molar-refractivity contribution in [1.82, 2.24) is 25.2 Å². The maximum absolute atomic E-state index is 5.15. The van der Waals surface area contributed by atoms with Crippen LogP contribution in [0.2, 0.25) is 0 Å². The van der Waals surface area contributed by atoms with Crippen molar-refractivity contribution in [2.75, 3.05) is 6.54 Å². The first-order chi connectivity index (χ1) is 9.47. The van der Waals surface area contributed by atoms with Gasteiger partial charge in [-0.05, 0) is 33.2 Å². The van der Waals surface area contributed by atoms with Gasteiger partial charge in [0.15, 0.2) is 5.82 Å². The van der Waals surface area contributed by atoms with Gasteiger partial charge in [0, 0.05) is 17.8 Å². The molecule has 2 aromatic rings. The van der Waals surface area contributed by atoms with Crippen molar-refractivity contribution in [3.05, 3.63) is 28.7 Å². The molecule has 20 heavy (non-hydrogen) atoms. The van der Waals surface area contributed by atoms with Crippen molar-refractivity contribution in [3.63, 3.8) is 0 Å². The van der Waals surface area contributed by atoms with Gasteiger partial charge >= 0.3 is 0 Å². The van der Waals surface area contributed by atoms with Gasteiger partial charge in [0.2, 0.25) is 5.89 Å². The van der Waals surface area contributed by atoms with Gasteiger partial charge < -0.3 is 9.84 Å². The fraction of sp³-hybridized carbons (Fsp3) is 0.643. The Morgan fingerprint density at radius 1 is 1.25 bits per heavy atom. The lowest BCUT2D eigenvalue weighted by Gasteiger charge is -2.08. The Balaban J connectivity index is 2.08. The Kier molecular flexibility index (Phi) is 4.54. The highest BCUT2D eigenvalue weighted by Gasteiger charge is 2.13. The van der Waals surface area contributed by atoms with Gasteiger partial charge in [-0.2, -0.15) is 10.1 Å². The van der Waals surface area contributed by atoms with Crippen molar-refractivity contribution in [3.8, 4) is 0 Å². The number of aryl methyl sites for hydroxylation is 2. The third kappa shape index (κ3) is 3.45. The van der Waals surface area contributed by atoms with Gasteiger partial charge in [0.25, 0.3) is 0 Å². The first-order valence-electron chi connectivity index (χ1n) is 7.00. The van der Waals surface area contributed by atoms with Crippen molar-refractivity contribution < 1.29 is 4.52 Å². The van der Waals surface area contributed by atoms with E-state index in [2.05, 4.69) is 41.3 Å². The van der Waals surface area contributed by atoms with Gasteiger partial charge in [-0.25, -0.2) is 0 Å². The van der Waals surface area contributed by atoms with Crippen LogP contribution in [0.3, 0.4) is 0 Å². The molecule has 0 unspecified atom stereocenters. The summed E-state index contributed by atoms with van der Waals surface area (Å²) in [5.74, 6) is 1.89. The number of aromatic nitrogens is 4. The molecular formula is C14H23N5O. The number of rotatable bonds is 6. The smallest absolute Gasteiger partial charge is 0.248 e. The van der Waals surface area contributed by atoms with Crippen LogP contribution in [-0.2, 0) is 13.1 Å². The Hall–Kier alpha value is -1.69. The summed E-state index contributed by atoms with van der Waals surface area (Å²) in [5, 5.41) is 11.8. The van der Waals surface area contributed by atoms with Crippen LogP contribution in [0.4, 0.5) is 0 Å². The lowest BCUT2D eigenvalue weighted by atomic mass is 10.2. The monoisotopic (exact) mass is 277 g/mol. The van der Waals surface area contributed by atoms with E-state index in [4.69, 9.17) is 4.52 Å². The van der Waals surface area contributed by atoms with Gasteiger partial charge in [-0.3, -0.25) is 4.68 Å². The quantitative estimate of drug-likeness (QED) is 0.874. The Bertz CT molecular complexity index is 570. The molecule has 0 aliphatic rings. The predicted octanol–water partition coefficient (Wildman–Crippen LogP) is 1.99. The van der Waals surface area contributed by atoms with Crippen LogP contribution < -0.4 is 5.32 Å². The van der Waals surface area contributed by atoms with Crippen LogP contribution in [-0.4, -0.2) is 26.5 Å². The summed E-state index contributed by atoms with van der Waals surface area (Å²) in [7, 11) is 0. The molecule has 0 aromatic carbocycles. The van der Waals surface area contributed by atoms with Gasteiger partial charge in [-0.15, -0.1) is 0 Å². The fourth-order valence-corrected chi connectivity index (χ4v) is 2.16. The molecule has 0 fully saturated rings. The minimum atomic E-state index is 0.525. The second-order valence-electron chi connectivity index (χ2n) is 5.57. The highest BCUT2D eigenvalue weighted by Crippen LogP contribution is 2.14. The van der Waals surface area contributed by atoms with Crippen molar-refractivity contribution in [2.45, 2.75) is 47.7 Å². The van der Waals surface area contributed by atoms with Crippen molar-refractivity contribution in [2.24, 2.45) is 5.92 Å². The molecule has 2 rings (SSSR count). The lowest BCUT2D eigenvalue weighted by molar-refractivity contribution is 0.361. The van der Waals surface area contributed by atoms with E-state index in [0.29, 0.717) is 24.2 Å². The third-order valence-electron chi connectivity index (χ3n) is 3.24. The molecule has 0 aliphatic heterocycles. The third-order valence-corrected chi connectivity index (χ3v) is 3.24. The van der Waals surface area contributed by atoms with E-state index >= 15 is 0 Å². The molecule has 0 saturated heterocycles. The molecular weight excluding hydrogens is 254 g/mol. The molecule has 1 N–H and O–H groups in total. The number of hydrogen-bond acceptors (Lipinski definition) is 5. The molecule has 0 aliphatic carbocycles. The molecule has 0 radical (unpaired) electrons. The first kappa shape index (κ1) is 14.7. The van der Waals surface area contributed by atoms with E-state index in [1.165, 1.54) is 5.56 Å². The van der Waals surface area contributed by atoms with E-state index in [-0.39, 0.29) is 0 Å². The molecule has 110 valence electrons. The highest BCUT2D eigenvalue weighted by molar-refractivity contribution is 5.24. The molecule has 6 heteroatoms. The summed E-state index contributed by atoms with van der Waals surface area (Å²) in [4.78, 5) is 4.22. The van der Waals surface area contributed by atoms with Crippen LogP contribution in [0.15, 0.2) is 4.52 Å². The molecule has 0 amide bonds. The molecule has 0 atom stereocenters. The van der Waals surface area contributed by atoms with Crippen LogP contribution in [0.25, 0.3) is 0 Å². The fourth-order valence-electron chi connectivity index (χ4n) is 2.16. The first-order valence-corrected chi connectivity index (χ1v) is 7.00. The Labute approximate surface area is 119 Å². The maximum atomic E-state index is 5.15. The zero-order chi connectivity index (χ0) is 14.7. The molecule has 2 aromatic heterocycles. The molecule has 0 saturated carbocycles. The minimum absolute atomic E-state index is 0.525. The average molecular weight is 277 g/mol. The number of nitrogens with zero attached hydrogens (tertiary/aromatic N) is 4. The average Bonchev–Trinajstić information content (AvgIpc) is 2.88. The molecule has 6 nitrogen and oxygen atoms in total. The van der Waals surface area contributed by atoms with Crippen LogP contribution >= 0.6 is 0 Å². The van der Waals surface area contributed by atoms with E-state index < -0.39 is 0 Å². The van der Waals surface area contributed by atoms with Gasteiger partial charge in [-0.1, -0.05) is 19.0 Å². The van der Waals surface area contributed by atoms with Crippen LogP contribution in [0.5, 0.6) is 0 Å². The number of nitrogens with one attached hydrogen (secondary N) is 1. The largest absolute Gasteiger partial charge is 0.337 e. The summed E-state index contributed by atoms with van der Waals surface area (Å²) in [6.07, 6.45) is 0. The summed E-state index contributed by atoms with van der Waals surface area (Å²) in [6.45, 7) is 12.7. The zero-order valence-corrected chi connectivity index (χ0v) is 12.9. The summed E-state index contributed by atoms with van der Waals surface area (Å²) in [5.41, 5.74) is 3.45. The van der Waals surface area contributed by atoms with Crippen molar-refractivity contribution in [1.29, 1.82) is 0 Å². The number of hydrogen-bond donors (Lipinski definition) is 1. The van der Waals surface area contributed by atoms with Gasteiger partial charge in [0.05, 0.1) is 5.69 Å². The molecule has 0 bridgehead atoms. The Morgan fingerprint density at radius 3 is 2.60 bits per heavy atom. The Morgan fingerprint density at radius 2 is 2.00 bits per heavy atom. The topological polar surface area (TPSA) is 68.8 Å². The minimum Gasteiger partial charge on any atom is -0.337 e. The van der Waals surface area contributed by atoms with E-state index in [9.17, 15) is 0 Å². The maximum Gasteiger partial charge on any atom is 0.248 e. The van der Waals surface area contributed by atoms with Crippen LogP contribution in [0.1, 0.15) is 42.5 Å². The molecule has 2 heterocycles. The SMILES string of the molecule is Cc1noc(Cn2nc(C)c(CNCC(C)C)c2C)n1. The summed E-state index contributed by atoms with van der Waals surface area (Å²) >= 11 is 0. The lowest BCUT2D eigenvalue weighted by Crippen LogP contribution is -2.19. The standard InChI is InChI=1S/C14H23N5O/c1-9(2)6-15-7-13-10(3)17-19(11(13)4)8-14-16-12(5)18-20-14/h9,15H,6-8H2,1-5H3. The normalized spacial score (nSPS) is 11.5. The summed E-state index contributed by atoms with van der Waals surface area (Å²) < 4.78 is 7.07. The van der Waals surface area contributed by atoms with E-state index in [0.717, 1.165) is 24.5 Å². The van der Waals surface area contributed by atoms with Crippen LogP contribution in [0, 0.1) is 26.7 Å². The van der Waals surface area contributed by atoms with E-state index in [1.54, 1.807) is 0 Å².